The lowest BCUT2D eigenvalue weighted by molar-refractivity contribution is -0.141. The summed E-state index contributed by atoms with van der Waals surface area (Å²) in [5.74, 6) is -2.44. The zero-order valence-corrected chi connectivity index (χ0v) is 19.1. The first-order valence-corrected chi connectivity index (χ1v) is 11.9. The van der Waals surface area contributed by atoms with Crippen LogP contribution in [0.4, 0.5) is 0 Å². The Kier molecular flexibility index (Phi) is 6.59. The molecule has 2 fully saturated rings. The number of benzene rings is 2. The van der Waals surface area contributed by atoms with E-state index in [-0.39, 0.29) is 0 Å². The van der Waals surface area contributed by atoms with Gasteiger partial charge < -0.3 is 20.9 Å². The number of hydrogen-bond donors (Lipinski definition) is 2. The van der Waals surface area contributed by atoms with Crippen LogP contribution in [0.15, 0.2) is 36.4 Å². The van der Waals surface area contributed by atoms with Crippen molar-refractivity contribution in [1.82, 2.24) is 0 Å². The van der Waals surface area contributed by atoms with E-state index in [1.165, 1.54) is 0 Å². The molecule has 2 saturated carbocycles. The summed E-state index contributed by atoms with van der Waals surface area (Å²) < 4.78 is 11.2. The number of carbonyl (C=O) groups excluding carboxylic acids is 4. The summed E-state index contributed by atoms with van der Waals surface area (Å²) in [6.45, 7) is 0. The van der Waals surface area contributed by atoms with Crippen molar-refractivity contribution in [1.29, 1.82) is 0 Å². The van der Waals surface area contributed by atoms with Crippen molar-refractivity contribution in [2.24, 2.45) is 11.5 Å². The molecule has 2 aromatic carbocycles. The molecule has 180 valence electrons. The molecule has 0 atom stereocenters. The van der Waals surface area contributed by atoms with Crippen LogP contribution in [0, 0.1) is 0 Å². The predicted molar refractivity (Wildman–Crippen MR) is 125 cm³/mol. The number of carbonyl (C=O) groups is 4. The van der Waals surface area contributed by atoms with E-state index >= 15 is 0 Å². The zero-order valence-electron chi connectivity index (χ0n) is 19.1. The first-order valence-electron chi connectivity index (χ1n) is 11.9. The minimum Gasteiger partial charge on any atom is -0.445 e. The van der Waals surface area contributed by atoms with Crippen LogP contribution in [-0.2, 0) is 19.1 Å². The smallest absolute Gasteiger partial charge is 0.339 e. The Balaban J connectivity index is 1.52. The Bertz CT molecular complexity index is 1040. The maximum Gasteiger partial charge on any atom is 0.339 e. The molecule has 0 aromatic heterocycles. The lowest BCUT2D eigenvalue weighted by Gasteiger charge is -2.33. The number of fused-ring (bicyclic) bond motifs is 1. The van der Waals surface area contributed by atoms with Gasteiger partial charge in [-0.05, 0) is 86.4 Å². The maximum absolute atomic E-state index is 12.8. The van der Waals surface area contributed by atoms with E-state index in [0.717, 1.165) is 38.5 Å². The molecule has 34 heavy (non-hydrogen) atoms. The quantitative estimate of drug-likeness (QED) is 0.625. The lowest BCUT2D eigenvalue weighted by atomic mass is 9.84. The van der Waals surface area contributed by atoms with Crippen LogP contribution in [0.3, 0.4) is 0 Å². The summed E-state index contributed by atoms with van der Waals surface area (Å²) in [4.78, 5) is 49.7. The minimum atomic E-state index is -1.26. The van der Waals surface area contributed by atoms with Gasteiger partial charge in [0.2, 0.25) is 0 Å². The molecule has 2 amide bonds. The second-order valence-corrected chi connectivity index (χ2v) is 9.39. The van der Waals surface area contributed by atoms with Crippen LogP contribution in [0.2, 0.25) is 0 Å². The van der Waals surface area contributed by atoms with Gasteiger partial charge in [-0.15, -0.1) is 0 Å². The van der Waals surface area contributed by atoms with E-state index in [1.807, 2.05) is 0 Å². The van der Waals surface area contributed by atoms with Gasteiger partial charge in [-0.2, -0.15) is 0 Å². The van der Waals surface area contributed by atoms with Crippen LogP contribution in [-0.4, -0.2) is 35.0 Å². The molecule has 2 aliphatic rings. The van der Waals surface area contributed by atoms with Crippen LogP contribution in [0.1, 0.15) is 84.9 Å². The van der Waals surface area contributed by atoms with E-state index in [1.54, 1.807) is 36.4 Å². The first kappa shape index (κ1) is 23.7. The fourth-order valence-electron chi connectivity index (χ4n) is 5.02. The highest BCUT2D eigenvalue weighted by Gasteiger charge is 2.43. The Hall–Kier alpha value is -3.42. The summed E-state index contributed by atoms with van der Waals surface area (Å²) in [6, 6.07) is 9.87. The van der Waals surface area contributed by atoms with Crippen molar-refractivity contribution in [2.45, 2.75) is 75.4 Å². The van der Waals surface area contributed by atoms with Crippen LogP contribution < -0.4 is 11.5 Å². The third-order valence-electron chi connectivity index (χ3n) is 7.11. The van der Waals surface area contributed by atoms with Gasteiger partial charge in [-0.25, -0.2) is 9.59 Å². The summed E-state index contributed by atoms with van der Waals surface area (Å²) in [5, 5.41) is 1.43. The predicted octanol–water partition coefficient (Wildman–Crippen LogP) is 3.53. The Labute approximate surface area is 197 Å². The molecule has 0 spiro atoms. The highest BCUT2D eigenvalue weighted by molar-refractivity contribution is 6.00. The van der Waals surface area contributed by atoms with Crippen molar-refractivity contribution < 1.29 is 28.7 Å². The molecular formula is C26H30N2O6. The molecule has 8 heteroatoms. The summed E-state index contributed by atoms with van der Waals surface area (Å²) in [7, 11) is 0. The summed E-state index contributed by atoms with van der Waals surface area (Å²) >= 11 is 0. The van der Waals surface area contributed by atoms with Crippen molar-refractivity contribution in [3.63, 3.8) is 0 Å². The topological polar surface area (TPSA) is 139 Å². The van der Waals surface area contributed by atoms with Gasteiger partial charge in [0.25, 0.3) is 11.8 Å². The van der Waals surface area contributed by atoms with Gasteiger partial charge in [0.05, 0.1) is 11.1 Å². The maximum atomic E-state index is 12.8. The average molecular weight is 467 g/mol. The van der Waals surface area contributed by atoms with Crippen molar-refractivity contribution in [3.05, 3.63) is 47.5 Å². The van der Waals surface area contributed by atoms with Gasteiger partial charge in [0.15, 0.2) is 11.2 Å². The van der Waals surface area contributed by atoms with Crippen LogP contribution in [0.25, 0.3) is 10.8 Å². The lowest BCUT2D eigenvalue weighted by Crippen LogP contribution is -2.49. The van der Waals surface area contributed by atoms with Crippen molar-refractivity contribution >= 4 is 34.5 Å². The van der Waals surface area contributed by atoms with Crippen LogP contribution in [0.5, 0.6) is 0 Å². The third-order valence-corrected chi connectivity index (χ3v) is 7.11. The standard InChI is InChI=1S/C26H30N2O6/c27-23(31)25(11-3-1-4-12-25)33-21(29)19-9-7-18-16-20(10-8-17(18)15-19)22(30)34-26(24(28)32)13-5-2-6-14-26/h7-10,15-16H,1-6,11-14H2,(H2,27,31)(H2,28,32). The Morgan fingerprint density at radius 3 is 1.26 bits per heavy atom. The van der Waals surface area contributed by atoms with E-state index in [0.29, 0.717) is 47.6 Å². The van der Waals surface area contributed by atoms with Gasteiger partial charge in [-0.3, -0.25) is 9.59 Å². The van der Waals surface area contributed by atoms with E-state index < -0.39 is 35.0 Å². The van der Waals surface area contributed by atoms with Crippen LogP contribution >= 0.6 is 0 Å². The molecule has 0 saturated heterocycles. The Morgan fingerprint density at radius 2 is 0.941 bits per heavy atom. The highest BCUT2D eigenvalue weighted by atomic mass is 16.6. The zero-order chi connectivity index (χ0) is 24.3. The fraction of sp³-hybridized carbons (Fsp3) is 0.462. The van der Waals surface area contributed by atoms with Gasteiger partial charge in [0.1, 0.15) is 0 Å². The summed E-state index contributed by atoms with van der Waals surface area (Å²) in [5.41, 5.74) is 9.22. The van der Waals surface area contributed by atoms with Gasteiger partial charge in [0, 0.05) is 0 Å². The number of ether oxygens (including phenoxy) is 2. The Morgan fingerprint density at radius 1 is 0.588 bits per heavy atom. The largest absolute Gasteiger partial charge is 0.445 e. The van der Waals surface area contributed by atoms with Crippen molar-refractivity contribution in [2.75, 3.05) is 0 Å². The number of amides is 2. The van der Waals surface area contributed by atoms with Gasteiger partial charge in [-0.1, -0.05) is 25.0 Å². The molecule has 0 aliphatic heterocycles. The average Bonchev–Trinajstić information content (AvgIpc) is 2.84. The minimum absolute atomic E-state index is 0.295. The van der Waals surface area contributed by atoms with E-state index in [9.17, 15) is 19.2 Å². The van der Waals surface area contributed by atoms with Gasteiger partial charge >= 0.3 is 11.9 Å². The molecule has 4 N–H and O–H groups in total. The second-order valence-electron chi connectivity index (χ2n) is 9.39. The number of primary amides is 2. The molecular weight excluding hydrogens is 436 g/mol. The van der Waals surface area contributed by atoms with Crippen molar-refractivity contribution in [3.8, 4) is 0 Å². The third kappa shape index (κ3) is 4.62. The molecule has 0 unspecified atom stereocenters. The molecule has 0 bridgehead atoms. The first-order chi connectivity index (χ1) is 16.2. The number of hydrogen-bond acceptors (Lipinski definition) is 6. The normalized spacial score (nSPS) is 19.2. The molecule has 4 rings (SSSR count). The van der Waals surface area contributed by atoms with E-state index in [2.05, 4.69) is 0 Å². The molecule has 2 aliphatic carbocycles. The number of esters is 2. The molecule has 0 radical (unpaired) electrons. The highest BCUT2D eigenvalue weighted by Crippen LogP contribution is 2.34. The fourth-order valence-corrected chi connectivity index (χ4v) is 5.02. The molecule has 2 aromatic rings. The SMILES string of the molecule is NC(=O)C1(OC(=O)c2ccc3cc(C(=O)OC4(C(N)=O)CCCCC4)ccc3c2)CCCCC1. The van der Waals surface area contributed by atoms with E-state index in [4.69, 9.17) is 20.9 Å². The monoisotopic (exact) mass is 466 g/mol. The molecule has 0 heterocycles. The summed E-state index contributed by atoms with van der Waals surface area (Å²) in [6.07, 6.45) is 6.81. The molecule has 8 nitrogen and oxygen atoms in total. The number of nitrogens with two attached hydrogens (primary N) is 2. The second kappa shape index (κ2) is 9.44. The number of rotatable bonds is 6.